The van der Waals surface area contributed by atoms with Crippen LogP contribution < -0.4 is 0 Å². The molecule has 1 aromatic carbocycles. The van der Waals surface area contributed by atoms with Crippen LogP contribution in [0.4, 0.5) is 0 Å². The van der Waals surface area contributed by atoms with Crippen LogP contribution in [0.3, 0.4) is 0 Å². The molecule has 1 aromatic rings. The van der Waals surface area contributed by atoms with E-state index in [0.29, 0.717) is 18.4 Å². The fourth-order valence-corrected chi connectivity index (χ4v) is 1.61. The molecule has 1 rings (SSSR count). The van der Waals surface area contributed by atoms with E-state index in [2.05, 4.69) is 0 Å². The summed E-state index contributed by atoms with van der Waals surface area (Å²) in [6.45, 7) is 2.10. The highest BCUT2D eigenvalue weighted by atomic mass is 16.5. The maximum absolute atomic E-state index is 11.6. The van der Waals surface area contributed by atoms with Gasteiger partial charge in [-0.2, -0.15) is 0 Å². The first kappa shape index (κ1) is 14.7. The Bertz CT molecular complexity index is 350. The molecule has 0 unspecified atom stereocenters. The molecule has 0 aliphatic rings. The van der Waals surface area contributed by atoms with Gasteiger partial charge in [0.2, 0.25) is 0 Å². The lowest BCUT2D eigenvalue weighted by Crippen LogP contribution is -2.21. The average Bonchev–Trinajstić information content (AvgIpc) is 2.39. The molecule has 0 amide bonds. The highest BCUT2D eigenvalue weighted by Crippen LogP contribution is 2.11. The molecule has 0 bridgehead atoms. The molecule has 2 N–H and O–H groups in total. The van der Waals surface area contributed by atoms with Gasteiger partial charge in [0.15, 0.2) is 0 Å². The zero-order valence-corrected chi connectivity index (χ0v) is 10.6. The molecule has 0 aliphatic carbocycles. The second kappa shape index (κ2) is 7.84. The average molecular weight is 252 g/mol. The summed E-state index contributed by atoms with van der Waals surface area (Å²) in [7, 11) is 0. The largest absolute Gasteiger partial charge is 0.462 e. The van der Waals surface area contributed by atoms with Crippen molar-refractivity contribution in [2.75, 3.05) is 13.2 Å². The Morgan fingerprint density at radius 2 is 1.94 bits per heavy atom. The van der Waals surface area contributed by atoms with Gasteiger partial charge in [-0.1, -0.05) is 25.1 Å². The number of carbonyl (C=O) groups is 1. The molecule has 0 saturated carbocycles. The van der Waals surface area contributed by atoms with E-state index in [-0.39, 0.29) is 25.1 Å². The zero-order chi connectivity index (χ0) is 13.4. The molecule has 18 heavy (non-hydrogen) atoms. The van der Waals surface area contributed by atoms with Crippen molar-refractivity contribution in [3.05, 3.63) is 35.9 Å². The van der Waals surface area contributed by atoms with Crippen LogP contribution in [0, 0.1) is 5.92 Å². The minimum Gasteiger partial charge on any atom is -0.462 e. The van der Waals surface area contributed by atoms with Gasteiger partial charge in [-0.3, -0.25) is 0 Å². The molecule has 100 valence electrons. The van der Waals surface area contributed by atoms with Gasteiger partial charge in [0.05, 0.1) is 18.3 Å². The lowest BCUT2D eigenvalue weighted by Gasteiger charge is -2.17. The summed E-state index contributed by atoms with van der Waals surface area (Å²) in [6.07, 6.45) is 0.383. The van der Waals surface area contributed by atoms with Gasteiger partial charge in [-0.15, -0.1) is 0 Å². The van der Waals surface area contributed by atoms with Crippen molar-refractivity contribution in [3.63, 3.8) is 0 Å². The molecule has 4 nitrogen and oxygen atoms in total. The van der Waals surface area contributed by atoms with Crippen LogP contribution in [-0.4, -0.2) is 35.5 Å². The molecule has 0 fully saturated rings. The molecule has 4 heteroatoms. The lowest BCUT2D eigenvalue weighted by molar-refractivity contribution is 0.0342. The number of esters is 1. The maximum Gasteiger partial charge on any atom is 0.338 e. The molecular formula is C14H20O4. The predicted molar refractivity (Wildman–Crippen MR) is 68.2 cm³/mol. The summed E-state index contributed by atoms with van der Waals surface area (Å²) < 4.78 is 5.07. The molecule has 0 heterocycles. The molecule has 2 atom stereocenters. The van der Waals surface area contributed by atoms with Gasteiger partial charge in [0, 0.05) is 13.0 Å². The number of ether oxygens (including phenoxy) is 1. The highest BCUT2D eigenvalue weighted by molar-refractivity contribution is 5.89. The van der Waals surface area contributed by atoms with Crippen molar-refractivity contribution in [2.24, 2.45) is 5.92 Å². The Kier molecular flexibility index (Phi) is 6.39. The van der Waals surface area contributed by atoms with Gasteiger partial charge < -0.3 is 14.9 Å². The van der Waals surface area contributed by atoms with Crippen molar-refractivity contribution in [2.45, 2.75) is 25.9 Å². The van der Waals surface area contributed by atoms with Crippen LogP contribution in [0.5, 0.6) is 0 Å². The number of rotatable bonds is 7. The predicted octanol–water partition coefficient (Wildman–Crippen LogP) is 1.61. The standard InChI is InChI=1S/C14H20O4/c1-11(7-9-15)13(16)8-10-18-14(17)12-5-3-2-4-6-12/h2-6,11,13,15-16H,7-10H2,1H3/t11-,13-/m0/s1. The van der Waals surface area contributed by atoms with Gasteiger partial charge in [0.1, 0.15) is 0 Å². The smallest absolute Gasteiger partial charge is 0.338 e. The SMILES string of the molecule is C[C@@H](CCO)[C@@H](O)CCOC(=O)c1ccccc1. The van der Waals surface area contributed by atoms with E-state index in [1.54, 1.807) is 24.3 Å². The molecule has 0 aromatic heterocycles. The Morgan fingerprint density at radius 1 is 1.28 bits per heavy atom. The number of aliphatic hydroxyl groups is 2. The summed E-state index contributed by atoms with van der Waals surface area (Å²) >= 11 is 0. The lowest BCUT2D eigenvalue weighted by atomic mass is 9.99. The second-order valence-corrected chi connectivity index (χ2v) is 4.35. The van der Waals surface area contributed by atoms with Crippen molar-refractivity contribution < 1.29 is 19.7 Å². The molecule has 0 radical (unpaired) electrons. The number of hydrogen-bond acceptors (Lipinski definition) is 4. The first-order chi connectivity index (χ1) is 8.65. The quantitative estimate of drug-likeness (QED) is 0.724. The Labute approximate surface area is 107 Å². The summed E-state index contributed by atoms with van der Waals surface area (Å²) in [4.78, 5) is 11.6. The van der Waals surface area contributed by atoms with Crippen molar-refractivity contribution in [1.82, 2.24) is 0 Å². The third kappa shape index (κ3) is 4.85. The minimum atomic E-state index is -0.555. The molecular weight excluding hydrogens is 232 g/mol. The first-order valence-corrected chi connectivity index (χ1v) is 6.16. The van der Waals surface area contributed by atoms with E-state index in [4.69, 9.17) is 9.84 Å². The van der Waals surface area contributed by atoms with E-state index in [0.717, 1.165) is 0 Å². The fraction of sp³-hybridized carbons (Fsp3) is 0.500. The normalized spacial score (nSPS) is 13.9. The van der Waals surface area contributed by atoms with E-state index in [1.807, 2.05) is 13.0 Å². The highest BCUT2D eigenvalue weighted by Gasteiger charge is 2.14. The van der Waals surface area contributed by atoms with Gasteiger partial charge in [-0.25, -0.2) is 4.79 Å². The van der Waals surface area contributed by atoms with E-state index in [9.17, 15) is 9.90 Å². The minimum absolute atomic E-state index is 0.00503. The zero-order valence-electron chi connectivity index (χ0n) is 10.6. The monoisotopic (exact) mass is 252 g/mol. The summed E-state index contributed by atoms with van der Waals surface area (Å²) in [5.74, 6) is -0.372. The number of carbonyl (C=O) groups excluding carboxylic acids is 1. The van der Waals surface area contributed by atoms with Crippen LogP contribution in [-0.2, 0) is 4.74 Å². The van der Waals surface area contributed by atoms with E-state index in [1.165, 1.54) is 0 Å². The maximum atomic E-state index is 11.6. The molecule has 0 saturated heterocycles. The number of aliphatic hydroxyl groups excluding tert-OH is 2. The van der Waals surface area contributed by atoms with Crippen LogP contribution in [0.2, 0.25) is 0 Å². The third-order valence-electron chi connectivity index (χ3n) is 2.90. The van der Waals surface area contributed by atoms with Crippen LogP contribution in [0.15, 0.2) is 30.3 Å². The third-order valence-corrected chi connectivity index (χ3v) is 2.90. The van der Waals surface area contributed by atoms with Crippen molar-refractivity contribution >= 4 is 5.97 Å². The Hall–Kier alpha value is -1.39. The van der Waals surface area contributed by atoms with Crippen LogP contribution >= 0.6 is 0 Å². The summed E-state index contributed by atoms with van der Waals surface area (Å²) in [6, 6.07) is 8.75. The molecule has 0 aliphatic heterocycles. The summed E-state index contributed by atoms with van der Waals surface area (Å²) in [5, 5.41) is 18.5. The number of benzene rings is 1. The Morgan fingerprint density at radius 3 is 2.56 bits per heavy atom. The summed E-state index contributed by atoms with van der Waals surface area (Å²) in [5.41, 5.74) is 0.510. The second-order valence-electron chi connectivity index (χ2n) is 4.35. The number of hydrogen-bond donors (Lipinski definition) is 2. The Balaban J connectivity index is 2.28. The fourth-order valence-electron chi connectivity index (χ4n) is 1.61. The van der Waals surface area contributed by atoms with Crippen molar-refractivity contribution in [1.29, 1.82) is 0 Å². The van der Waals surface area contributed by atoms with Crippen molar-refractivity contribution in [3.8, 4) is 0 Å². The van der Waals surface area contributed by atoms with E-state index < -0.39 is 6.10 Å². The van der Waals surface area contributed by atoms with Crippen LogP contribution in [0.25, 0.3) is 0 Å². The van der Waals surface area contributed by atoms with Crippen LogP contribution in [0.1, 0.15) is 30.1 Å². The topological polar surface area (TPSA) is 66.8 Å². The first-order valence-electron chi connectivity index (χ1n) is 6.16. The van der Waals surface area contributed by atoms with Gasteiger partial charge >= 0.3 is 5.97 Å². The van der Waals surface area contributed by atoms with Gasteiger partial charge in [0.25, 0.3) is 0 Å². The molecule has 0 spiro atoms. The van der Waals surface area contributed by atoms with E-state index >= 15 is 0 Å². The van der Waals surface area contributed by atoms with Gasteiger partial charge in [-0.05, 0) is 24.5 Å².